The lowest BCUT2D eigenvalue weighted by Crippen LogP contribution is -2.45. The van der Waals surface area contributed by atoms with E-state index in [2.05, 4.69) is 18.8 Å². The maximum atomic E-state index is 6.32. The van der Waals surface area contributed by atoms with Crippen molar-refractivity contribution in [1.29, 1.82) is 0 Å². The van der Waals surface area contributed by atoms with Gasteiger partial charge in [0.15, 0.2) is 0 Å². The van der Waals surface area contributed by atoms with E-state index in [1.54, 1.807) is 26.6 Å². The van der Waals surface area contributed by atoms with E-state index in [-0.39, 0.29) is 11.0 Å². The molecule has 0 atom stereocenters. The number of methoxy groups -OCH3 is 2. The van der Waals surface area contributed by atoms with Crippen LogP contribution in [0.1, 0.15) is 32.3 Å². The number of nitrogens with two attached hydrogens (primary N) is 1. The molecule has 1 aromatic rings. The molecule has 1 saturated carbocycles. The molecule has 0 aliphatic heterocycles. The molecule has 1 fully saturated rings. The Labute approximate surface area is 102 Å². The lowest BCUT2D eigenvalue weighted by Gasteiger charge is -2.33. The fourth-order valence-corrected chi connectivity index (χ4v) is 2.55. The van der Waals surface area contributed by atoms with Crippen molar-refractivity contribution in [2.45, 2.75) is 37.6 Å². The number of hydrogen-bond acceptors (Lipinski definition) is 4. The van der Waals surface area contributed by atoms with Gasteiger partial charge in [0.2, 0.25) is 0 Å². The first-order chi connectivity index (χ1) is 7.96. The third-order valence-corrected chi connectivity index (χ3v) is 3.78. The summed E-state index contributed by atoms with van der Waals surface area (Å²) in [6.07, 6.45) is 5.58. The summed E-state index contributed by atoms with van der Waals surface area (Å²) in [5.74, 6) is 1.53. The van der Waals surface area contributed by atoms with E-state index < -0.39 is 0 Å². The van der Waals surface area contributed by atoms with Crippen LogP contribution >= 0.6 is 0 Å². The van der Waals surface area contributed by atoms with Gasteiger partial charge in [-0.05, 0) is 26.7 Å². The molecule has 1 heterocycles. The molecule has 1 aliphatic rings. The second-order valence-electron chi connectivity index (χ2n) is 5.22. The summed E-state index contributed by atoms with van der Waals surface area (Å²) in [6.45, 7) is 4.11. The molecule has 0 aromatic carbocycles. The van der Waals surface area contributed by atoms with Crippen molar-refractivity contribution < 1.29 is 9.47 Å². The van der Waals surface area contributed by atoms with Gasteiger partial charge >= 0.3 is 0 Å². The van der Waals surface area contributed by atoms with E-state index in [4.69, 9.17) is 15.2 Å². The van der Waals surface area contributed by atoms with Crippen LogP contribution in [0, 0.1) is 0 Å². The first-order valence-corrected chi connectivity index (χ1v) is 5.81. The van der Waals surface area contributed by atoms with Gasteiger partial charge in [-0.2, -0.15) is 0 Å². The van der Waals surface area contributed by atoms with Crippen molar-refractivity contribution in [3.63, 3.8) is 0 Å². The molecule has 17 heavy (non-hydrogen) atoms. The molecule has 2 rings (SSSR count). The lowest BCUT2D eigenvalue weighted by atomic mass is 9.79. The molecule has 0 bridgehead atoms. The Balaban J connectivity index is 2.58. The zero-order valence-corrected chi connectivity index (χ0v) is 10.9. The first kappa shape index (κ1) is 12.2. The third-order valence-electron chi connectivity index (χ3n) is 3.78. The number of aromatic nitrogens is 1. The highest BCUT2D eigenvalue weighted by Crippen LogP contribution is 2.59. The summed E-state index contributed by atoms with van der Waals surface area (Å²) in [5.41, 5.74) is 7.04. The maximum Gasteiger partial charge on any atom is 0.144 e. The number of rotatable bonds is 4. The highest BCUT2D eigenvalue weighted by Gasteiger charge is 2.56. The van der Waals surface area contributed by atoms with Crippen LogP contribution in [0.5, 0.6) is 11.5 Å². The van der Waals surface area contributed by atoms with Crippen molar-refractivity contribution in [2.24, 2.45) is 5.73 Å². The van der Waals surface area contributed by atoms with Gasteiger partial charge in [-0.15, -0.1) is 0 Å². The minimum atomic E-state index is -0.297. The summed E-state index contributed by atoms with van der Waals surface area (Å²) in [7, 11) is 3.30. The second kappa shape index (κ2) is 3.88. The first-order valence-electron chi connectivity index (χ1n) is 5.81. The van der Waals surface area contributed by atoms with Crippen LogP contribution in [-0.4, -0.2) is 24.7 Å². The average molecular weight is 236 g/mol. The lowest BCUT2D eigenvalue weighted by molar-refractivity contribution is 0.334. The molecule has 0 amide bonds. The van der Waals surface area contributed by atoms with Crippen molar-refractivity contribution in [3.05, 3.63) is 18.0 Å². The summed E-state index contributed by atoms with van der Waals surface area (Å²) in [5, 5.41) is 0. The molecule has 0 unspecified atom stereocenters. The molecule has 4 heteroatoms. The van der Waals surface area contributed by atoms with Gasteiger partial charge in [-0.3, -0.25) is 4.98 Å². The van der Waals surface area contributed by atoms with Crippen LogP contribution in [-0.2, 0) is 5.41 Å². The van der Waals surface area contributed by atoms with E-state index >= 15 is 0 Å². The molecular weight excluding hydrogens is 216 g/mol. The van der Waals surface area contributed by atoms with E-state index in [1.165, 1.54) is 0 Å². The summed E-state index contributed by atoms with van der Waals surface area (Å²) >= 11 is 0. The summed E-state index contributed by atoms with van der Waals surface area (Å²) < 4.78 is 10.8. The zero-order valence-electron chi connectivity index (χ0n) is 10.9. The Kier molecular flexibility index (Phi) is 2.78. The smallest absolute Gasteiger partial charge is 0.144 e. The Morgan fingerprint density at radius 2 is 1.65 bits per heavy atom. The molecular formula is C13H20N2O2. The van der Waals surface area contributed by atoms with E-state index in [1.807, 2.05) is 0 Å². The van der Waals surface area contributed by atoms with Crippen molar-refractivity contribution in [3.8, 4) is 11.5 Å². The molecule has 4 nitrogen and oxygen atoms in total. The fourth-order valence-electron chi connectivity index (χ4n) is 2.55. The van der Waals surface area contributed by atoms with E-state index in [0.29, 0.717) is 0 Å². The van der Waals surface area contributed by atoms with Crippen LogP contribution in [0.2, 0.25) is 0 Å². The largest absolute Gasteiger partial charge is 0.495 e. The number of ether oxygens (including phenoxy) is 2. The number of nitrogens with zero attached hydrogens (tertiary/aromatic N) is 1. The average Bonchev–Trinajstić information content (AvgIpc) is 3.08. The van der Waals surface area contributed by atoms with Crippen LogP contribution < -0.4 is 15.2 Å². The number of hydrogen-bond donors (Lipinski definition) is 1. The van der Waals surface area contributed by atoms with Gasteiger partial charge in [0.1, 0.15) is 11.5 Å². The third kappa shape index (κ3) is 1.76. The van der Waals surface area contributed by atoms with Crippen LogP contribution in [0.15, 0.2) is 12.4 Å². The summed E-state index contributed by atoms with van der Waals surface area (Å²) in [4.78, 5) is 4.12. The SMILES string of the molecule is COc1cncc(OC)c1C1(C(C)(C)N)CC1. The fraction of sp³-hybridized carbons (Fsp3) is 0.615. The van der Waals surface area contributed by atoms with Gasteiger partial charge in [0.25, 0.3) is 0 Å². The zero-order chi connectivity index (χ0) is 12.7. The Bertz CT molecular complexity index is 398. The highest BCUT2D eigenvalue weighted by molar-refractivity contribution is 5.52. The van der Waals surface area contributed by atoms with Crippen molar-refractivity contribution >= 4 is 0 Å². The normalized spacial score (nSPS) is 17.7. The Morgan fingerprint density at radius 1 is 1.18 bits per heavy atom. The van der Waals surface area contributed by atoms with Gasteiger partial charge in [-0.25, -0.2) is 0 Å². The second-order valence-corrected chi connectivity index (χ2v) is 5.22. The van der Waals surface area contributed by atoms with Crippen LogP contribution in [0.3, 0.4) is 0 Å². The molecule has 1 aromatic heterocycles. The standard InChI is InChI=1S/C13H20N2O2/c1-12(2,14)13(5-6-13)11-9(16-3)7-15-8-10(11)17-4/h7-8H,5-6,14H2,1-4H3. The Morgan fingerprint density at radius 3 is 1.94 bits per heavy atom. The number of pyridine rings is 1. The minimum Gasteiger partial charge on any atom is -0.495 e. The maximum absolute atomic E-state index is 6.32. The monoisotopic (exact) mass is 236 g/mol. The van der Waals surface area contributed by atoms with Crippen molar-refractivity contribution in [2.75, 3.05) is 14.2 Å². The van der Waals surface area contributed by atoms with Gasteiger partial charge in [0, 0.05) is 16.5 Å². The Hall–Kier alpha value is -1.29. The molecule has 0 spiro atoms. The quantitative estimate of drug-likeness (QED) is 0.867. The minimum absolute atomic E-state index is 0.0490. The molecule has 94 valence electrons. The van der Waals surface area contributed by atoms with E-state index in [9.17, 15) is 0 Å². The van der Waals surface area contributed by atoms with E-state index in [0.717, 1.165) is 29.9 Å². The molecule has 1 aliphatic carbocycles. The van der Waals surface area contributed by atoms with Gasteiger partial charge < -0.3 is 15.2 Å². The predicted octanol–water partition coefficient (Wildman–Crippen LogP) is 1.87. The van der Waals surface area contributed by atoms with Crippen LogP contribution in [0.25, 0.3) is 0 Å². The molecule has 0 saturated heterocycles. The van der Waals surface area contributed by atoms with Crippen molar-refractivity contribution in [1.82, 2.24) is 4.98 Å². The topological polar surface area (TPSA) is 57.4 Å². The van der Waals surface area contributed by atoms with Gasteiger partial charge in [-0.1, -0.05) is 0 Å². The van der Waals surface area contributed by atoms with Gasteiger partial charge in [0.05, 0.1) is 26.6 Å². The summed E-state index contributed by atoms with van der Waals surface area (Å²) in [6, 6.07) is 0. The molecule has 2 N–H and O–H groups in total. The van der Waals surface area contributed by atoms with Crippen LogP contribution in [0.4, 0.5) is 0 Å². The molecule has 0 radical (unpaired) electrons. The predicted molar refractivity (Wildman–Crippen MR) is 66.5 cm³/mol. The highest BCUT2D eigenvalue weighted by atomic mass is 16.5.